The summed E-state index contributed by atoms with van der Waals surface area (Å²) in [6, 6.07) is 16.9. The van der Waals surface area contributed by atoms with Crippen molar-refractivity contribution < 1.29 is 19.4 Å². The molecule has 2 aromatic rings. The van der Waals surface area contributed by atoms with Gasteiger partial charge in [0.05, 0.1) is 12.0 Å². The first-order chi connectivity index (χ1) is 14.2. The van der Waals surface area contributed by atoms with Crippen LogP contribution in [0.4, 0.5) is 4.79 Å². The van der Waals surface area contributed by atoms with Crippen molar-refractivity contribution in [3.63, 3.8) is 0 Å². The molecule has 0 saturated heterocycles. The first-order valence-corrected chi connectivity index (χ1v) is 9.96. The largest absolute Gasteiger partial charge is 0.480 e. The van der Waals surface area contributed by atoms with Gasteiger partial charge in [0, 0.05) is 5.92 Å². The van der Waals surface area contributed by atoms with E-state index in [1.165, 1.54) is 0 Å². The number of carbonyl (C=O) groups excluding carboxylic acids is 1. The number of fused-ring (bicyclic) bond motifs is 3. The zero-order valence-electron chi connectivity index (χ0n) is 17.4. The first kappa shape index (κ1) is 21.4. The molecule has 1 aliphatic carbocycles. The minimum Gasteiger partial charge on any atom is -0.480 e. The molecule has 0 saturated carbocycles. The van der Waals surface area contributed by atoms with Crippen LogP contribution in [-0.2, 0) is 9.53 Å². The van der Waals surface area contributed by atoms with Gasteiger partial charge in [-0.05, 0) is 34.1 Å². The van der Waals surface area contributed by atoms with Gasteiger partial charge in [-0.2, -0.15) is 5.26 Å². The molecule has 0 bridgehead atoms. The van der Waals surface area contributed by atoms with Gasteiger partial charge in [0.25, 0.3) is 0 Å². The van der Waals surface area contributed by atoms with E-state index < -0.39 is 29.4 Å². The summed E-state index contributed by atoms with van der Waals surface area (Å²) in [5.41, 5.74) is 4.00. The average molecular weight is 406 g/mol. The third-order valence-corrected chi connectivity index (χ3v) is 5.61. The maximum Gasteiger partial charge on any atom is 0.407 e. The van der Waals surface area contributed by atoms with Crippen LogP contribution in [0.15, 0.2) is 48.5 Å². The molecular weight excluding hydrogens is 380 g/mol. The van der Waals surface area contributed by atoms with Gasteiger partial charge in [0.1, 0.15) is 12.6 Å². The predicted molar refractivity (Wildman–Crippen MR) is 113 cm³/mol. The van der Waals surface area contributed by atoms with Crippen LogP contribution in [0.25, 0.3) is 11.1 Å². The van der Waals surface area contributed by atoms with Crippen molar-refractivity contribution in [2.45, 2.75) is 39.2 Å². The standard InChI is InChI=1S/C24H26N2O4/c1-24(2,3)15(13-25)12-21(22(27)28)26-23(29)30-14-20-18-10-6-4-8-16(18)17-9-5-7-11-19(17)20/h4-11,15,20-21H,12,14H2,1-3H3,(H,26,29)(H,27,28). The molecule has 2 atom stereocenters. The van der Waals surface area contributed by atoms with Crippen LogP contribution in [0.2, 0.25) is 0 Å². The summed E-state index contributed by atoms with van der Waals surface area (Å²) >= 11 is 0. The lowest BCUT2D eigenvalue weighted by Gasteiger charge is -2.27. The molecule has 0 aliphatic heterocycles. The van der Waals surface area contributed by atoms with Gasteiger partial charge in [-0.3, -0.25) is 0 Å². The molecule has 0 spiro atoms. The normalized spacial score (nSPS) is 14.7. The van der Waals surface area contributed by atoms with Gasteiger partial charge in [0.2, 0.25) is 0 Å². The van der Waals surface area contributed by atoms with Crippen LogP contribution in [-0.4, -0.2) is 29.8 Å². The fourth-order valence-electron chi connectivity index (χ4n) is 3.84. The Bertz CT molecular complexity index is 942. The highest BCUT2D eigenvalue weighted by Gasteiger charge is 2.33. The summed E-state index contributed by atoms with van der Waals surface area (Å²) in [4.78, 5) is 24.0. The number of carboxylic acid groups (broad SMARTS) is 1. The van der Waals surface area contributed by atoms with Gasteiger partial charge in [-0.15, -0.1) is 0 Å². The topological polar surface area (TPSA) is 99.4 Å². The number of aliphatic carboxylic acids is 1. The zero-order valence-corrected chi connectivity index (χ0v) is 17.4. The number of alkyl carbamates (subject to hydrolysis) is 1. The molecule has 2 aromatic carbocycles. The Morgan fingerprint density at radius 1 is 1.10 bits per heavy atom. The Morgan fingerprint density at radius 2 is 1.63 bits per heavy atom. The second kappa shape index (κ2) is 8.58. The van der Waals surface area contributed by atoms with E-state index in [0.717, 1.165) is 22.3 Å². The van der Waals surface area contributed by atoms with E-state index in [0.29, 0.717) is 0 Å². The number of hydrogen-bond acceptors (Lipinski definition) is 4. The highest BCUT2D eigenvalue weighted by molar-refractivity contribution is 5.81. The fourth-order valence-corrected chi connectivity index (χ4v) is 3.84. The number of ether oxygens (including phenoxy) is 1. The van der Waals surface area contributed by atoms with Crippen LogP contribution in [0.1, 0.15) is 44.2 Å². The minimum absolute atomic E-state index is 0.0134. The molecule has 3 rings (SSSR count). The molecule has 0 radical (unpaired) electrons. The predicted octanol–water partition coefficient (Wildman–Crippen LogP) is 4.55. The Morgan fingerprint density at radius 3 is 2.10 bits per heavy atom. The third-order valence-electron chi connectivity index (χ3n) is 5.61. The monoisotopic (exact) mass is 406 g/mol. The van der Waals surface area contributed by atoms with Crippen molar-refractivity contribution >= 4 is 12.1 Å². The lowest BCUT2D eigenvalue weighted by atomic mass is 9.78. The second-order valence-corrected chi connectivity index (χ2v) is 8.64. The first-order valence-electron chi connectivity index (χ1n) is 9.96. The van der Waals surface area contributed by atoms with E-state index in [1.54, 1.807) is 0 Å². The van der Waals surface area contributed by atoms with Crippen LogP contribution < -0.4 is 5.32 Å². The van der Waals surface area contributed by atoms with Gasteiger partial charge < -0.3 is 15.2 Å². The van der Waals surface area contributed by atoms with Crippen molar-refractivity contribution in [1.82, 2.24) is 5.32 Å². The van der Waals surface area contributed by atoms with Crippen LogP contribution in [0.3, 0.4) is 0 Å². The number of rotatable bonds is 6. The highest BCUT2D eigenvalue weighted by atomic mass is 16.5. The lowest BCUT2D eigenvalue weighted by Crippen LogP contribution is -2.43. The van der Waals surface area contributed by atoms with Crippen molar-refractivity contribution in [2.24, 2.45) is 11.3 Å². The molecule has 1 aliphatic rings. The van der Waals surface area contributed by atoms with Gasteiger partial charge in [-0.1, -0.05) is 69.3 Å². The summed E-state index contributed by atoms with van der Waals surface area (Å²) < 4.78 is 5.42. The van der Waals surface area contributed by atoms with Crippen molar-refractivity contribution in [2.75, 3.05) is 6.61 Å². The van der Waals surface area contributed by atoms with Crippen LogP contribution in [0, 0.1) is 22.7 Å². The Kier molecular flexibility index (Phi) is 6.12. The average Bonchev–Trinajstić information content (AvgIpc) is 3.02. The second-order valence-electron chi connectivity index (χ2n) is 8.64. The lowest BCUT2D eigenvalue weighted by molar-refractivity contribution is -0.139. The molecule has 1 amide bonds. The Balaban J connectivity index is 1.68. The summed E-state index contributed by atoms with van der Waals surface area (Å²) in [6.07, 6.45) is -0.783. The molecule has 2 unspecified atom stereocenters. The Labute approximate surface area is 176 Å². The SMILES string of the molecule is CC(C)(C)C(C#N)CC(NC(=O)OCC1c2ccccc2-c2ccccc21)C(=O)O. The number of carboxylic acids is 1. The number of nitrogens with zero attached hydrogens (tertiary/aromatic N) is 1. The number of nitriles is 1. The van der Waals surface area contributed by atoms with Gasteiger partial charge >= 0.3 is 12.1 Å². The molecule has 2 N–H and O–H groups in total. The molecule has 0 heterocycles. The summed E-state index contributed by atoms with van der Waals surface area (Å²) in [7, 11) is 0. The molecule has 0 fully saturated rings. The van der Waals surface area contributed by atoms with Crippen LogP contribution in [0.5, 0.6) is 0 Å². The van der Waals surface area contributed by atoms with E-state index in [2.05, 4.69) is 11.4 Å². The number of amides is 1. The van der Waals surface area contributed by atoms with Crippen molar-refractivity contribution in [3.8, 4) is 17.2 Å². The zero-order chi connectivity index (χ0) is 21.9. The number of carbonyl (C=O) groups is 2. The number of hydrogen-bond donors (Lipinski definition) is 2. The molecular formula is C24H26N2O4. The Hall–Kier alpha value is -3.33. The summed E-state index contributed by atoms with van der Waals surface area (Å²) in [5.74, 6) is -1.81. The molecule has 156 valence electrons. The van der Waals surface area contributed by atoms with Gasteiger partial charge in [-0.25, -0.2) is 9.59 Å². The van der Waals surface area contributed by atoms with Crippen molar-refractivity contribution in [1.29, 1.82) is 5.26 Å². The molecule has 0 aromatic heterocycles. The minimum atomic E-state index is -1.19. The van der Waals surface area contributed by atoms with E-state index >= 15 is 0 Å². The van der Waals surface area contributed by atoms with E-state index in [9.17, 15) is 20.0 Å². The maximum atomic E-state index is 12.4. The summed E-state index contributed by atoms with van der Waals surface area (Å²) in [5, 5.41) is 21.3. The van der Waals surface area contributed by atoms with E-state index in [-0.39, 0.29) is 18.9 Å². The maximum absolute atomic E-state index is 12.4. The number of benzene rings is 2. The van der Waals surface area contributed by atoms with Crippen LogP contribution >= 0.6 is 0 Å². The smallest absolute Gasteiger partial charge is 0.407 e. The molecule has 30 heavy (non-hydrogen) atoms. The summed E-state index contributed by atoms with van der Waals surface area (Å²) in [6.45, 7) is 5.71. The van der Waals surface area contributed by atoms with Gasteiger partial charge in [0.15, 0.2) is 0 Å². The highest BCUT2D eigenvalue weighted by Crippen LogP contribution is 2.44. The van der Waals surface area contributed by atoms with Crippen molar-refractivity contribution in [3.05, 3.63) is 59.7 Å². The molecule has 6 nitrogen and oxygen atoms in total. The van der Waals surface area contributed by atoms with E-state index in [4.69, 9.17) is 4.74 Å². The number of nitrogens with one attached hydrogen (secondary N) is 1. The molecule has 6 heteroatoms. The third kappa shape index (κ3) is 4.46. The fraction of sp³-hybridized carbons (Fsp3) is 0.375. The van der Waals surface area contributed by atoms with E-state index in [1.807, 2.05) is 69.3 Å². The quantitative estimate of drug-likeness (QED) is 0.733.